The Hall–Kier alpha value is -1.88. The fourth-order valence-electron chi connectivity index (χ4n) is 1.50. The van der Waals surface area contributed by atoms with Gasteiger partial charge in [0.1, 0.15) is 24.1 Å². The third-order valence-electron chi connectivity index (χ3n) is 2.40. The molecule has 0 amide bonds. The van der Waals surface area contributed by atoms with Gasteiger partial charge in [-0.25, -0.2) is 4.39 Å². The number of hydrogen-bond donors (Lipinski definition) is 1. The molecular weight excluding hydrogens is 255 g/mol. The molecule has 1 aromatic heterocycles. The summed E-state index contributed by atoms with van der Waals surface area (Å²) in [6.07, 6.45) is 0. The number of aliphatic carboxylic acids is 1. The highest BCUT2D eigenvalue weighted by Crippen LogP contribution is 2.23. The maximum Gasteiger partial charge on any atom is 0.315 e. The molecule has 1 aromatic carbocycles. The molecule has 0 aliphatic rings. The zero-order valence-corrected chi connectivity index (χ0v) is 10.2. The van der Waals surface area contributed by atoms with Crippen molar-refractivity contribution in [1.29, 1.82) is 0 Å². The second-order valence-corrected chi connectivity index (χ2v) is 4.65. The van der Waals surface area contributed by atoms with E-state index in [1.807, 2.05) is 5.38 Å². The second-order valence-electron chi connectivity index (χ2n) is 3.67. The summed E-state index contributed by atoms with van der Waals surface area (Å²) in [6, 6.07) is 9.19. The minimum atomic E-state index is -0.950. The Morgan fingerprint density at radius 3 is 2.83 bits per heavy atom. The van der Waals surface area contributed by atoms with Crippen LogP contribution in [0.2, 0.25) is 0 Å². The number of carboxylic acid groups (broad SMARTS) is 1. The topological polar surface area (TPSA) is 46.5 Å². The van der Waals surface area contributed by atoms with Gasteiger partial charge in [0.2, 0.25) is 0 Å². The molecule has 0 aliphatic heterocycles. The predicted octanol–water partition coefficient (Wildman–Crippen LogP) is 3.13. The first-order valence-electron chi connectivity index (χ1n) is 5.31. The van der Waals surface area contributed by atoms with Gasteiger partial charge in [-0.15, -0.1) is 11.3 Å². The molecule has 0 saturated heterocycles. The van der Waals surface area contributed by atoms with Gasteiger partial charge in [0.25, 0.3) is 0 Å². The Balaban J connectivity index is 2.05. The van der Waals surface area contributed by atoms with Crippen LogP contribution in [0.25, 0.3) is 0 Å². The molecular formula is C13H11FO3S. The van der Waals surface area contributed by atoms with E-state index in [9.17, 15) is 9.18 Å². The monoisotopic (exact) mass is 266 g/mol. The van der Waals surface area contributed by atoms with E-state index in [0.717, 1.165) is 4.88 Å². The summed E-state index contributed by atoms with van der Waals surface area (Å²) >= 11 is 1.36. The van der Waals surface area contributed by atoms with Crippen LogP contribution in [0.1, 0.15) is 10.8 Å². The number of rotatable bonds is 5. The average molecular weight is 266 g/mol. The van der Waals surface area contributed by atoms with Crippen LogP contribution in [0.15, 0.2) is 41.8 Å². The van der Waals surface area contributed by atoms with Gasteiger partial charge in [-0.3, -0.25) is 4.79 Å². The molecule has 1 N–H and O–H groups in total. The summed E-state index contributed by atoms with van der Waals surface area (Å²) in [7, 11) is 0. The van der Waals surface area contributed by atoms with Gasteiger partial charge in [-0.2, -0.15) is 0 Å². The molecule has 0 radical (unpaired) electrons. The van der Waals surface area contributed by atoms with E-state index in [-0.39, 0.29) is 6.61 Å². The Bertz CT molecular complexity index is 525. The van der Waals surface area contributed by atoms with Gasteiger partial charge in [-0.05, 0) is 23.6 Å². The minimum Gasteiger partial charge on any atom is -0.492 e. The lowest BCUT2D eigenvalue weighted by atomic mass is 10.1. The molecule has 1 atom stereocenters. The Morgan fingerprint density at radius 1 is 1.39 bits per heavy atom. The fourth-order valence-corrected chi connectivity index (χ4v) is 2.31. The minimum absolute atomic E-state index is 0.0146. The van der Waals surface area contributed by atoms with Crippen molar-refractivity contribution >= 4 is 17.3 Å². The molecule has 1 heterocycles. The summed E-state index contributed by atoms with van der Waals surface area (Å²) in [4.78, 5) is 11.9. The fraction of sp³-hybridized carbons (Fsp3) is 0.154. The molecule has 0 aliphatic carbocycles. The lowest BCUT2D eigenvalue weighted by Crippen LogP contribution is -2.18. The van der Waals surface area contributed by atoms with Crippen LogP contribution in [0.5, 0.6) is 5.75 Å². The molecule has 0 spiro atoms. The Labute approximate surface area is 107 Å². The molecule has 1 unspecified atom stereocenters. The molecule has 94 valence electrons. The number of benzene rings is 1. The Kier molecular flexibility index (Phi) is 3.94. The SMILES string of the molecule is O=C(O)C(COc1cccc(F)c1)c1cccs1. The summed E-state index contributed by atoms with van der Waals surface area (Å²) in [5, 5.41) is 10.9. The van der Waals surface area contributed by atoms with Crippen molar-refractivity contribution in [1.82, 2.24) is 0 Å². The molecule has 2 rings (SSSR count). The summed E-state index contributed by atoms with van der Waals surface area (Å²) in [6.45, 7) is -0.0146. The van der Waals surface area contributed by atoms with E-state index in [2.05, 4.69) is 0 Å². The number of thiophene rings is 1. The third kappa shape index (κ3) is 3.07. The van der Waals surface area contributed by atoms with Crippen LogP contribution in [-0.2, 0) is 4.79 Å². The number of hydrogen-bond acceptors (Lipinski definition) is 3. The number of ether oxygens (including phenoxy) is 1. The van der Waals surface area contributed by atoms with Crippen molar-refractivity contribution in [3.63, 3.8) is 0 Å². The van der Waals surface area contributed by atoms with Crippen molar-refractivity contribution in [2.75, 3.05) is 6.61 Å². The van der Waals surface area contributed by atoms with Crippen LogP contribution in [0.4, 0.5) is 4.39 Å². The summed E-state index contributed by atoms with van der Waals surface area (Å²) < 4.78 is 18.2. The van der Waals surface area contributed by atoms with Crippen molar-refractivity contribution < 1.29 is 19.0 Å². The number of halogens is 1. The highest BCUT2D eigenvalue weighted by molar-refractivity contribution is 7.10. The largest absolute Gasteiger partial charge is 0.492 e. The van der Waals surface area contributed by atoms with Gasteiger partial charge < -0.3 is 9.84 Å². The van der Waals surface area contributed by atoms with Gasteiger partial charge in [-0.1, -0.05) is 12.1 Å². The Morgan fingerprint density at radius 2 is 2.22 bits per heavy atom. The van der Waals surface area contributed by atoms with Gasteiger partial charge in [0, 0.05) is 10.9 Å². The lowest BCUT2D eigenvalue weighted by molar-refractivity contribution is -0.139. The first-order chi connectivity index (χ1) is 8.66. The second kappa shape index (κ2) is 5.64. The van der Waals surface area contributed by atoms with Crippen molar-refractivity contribution in [3.8, 4) is 5.75 Å². The van der Waals surface area contributed by atoms with Crippen LogP contribution in [-0.4, -0.2) is 17.7 Å². The van der Waals surface area contributed by atoms with Crippen LogP contribution < -0.4 is 4.74 Å². The lowest BCUT2D eigenvalue weighted by Gasteiger charge is -2.12. The maximum atomic E-state index is 12.9. The molecule has 3 nitrogen and oxygen atoms in total. The van der Waals surface area contributed by atoms with Crippen LogP contribution in [0.3, 0.4) is 0 Å². The van der Waals surface area contributed by atoms with E-state index in [1.165, 1.54) is 29.5 Å². The molecule has 0 bridgehead atoms. The highest BCUT2D eigenvalue weighted by Gasteiger charge is 2.21. The third-order valence-corrected chi connectivity index (χ3v) is 3.38. The standard InChI is InChI=1S/C13H11FO3S/c14-9-3-1-4-10(7-9)17-8-11(13(15)16)12-5-2-6-18-12/h1-7,11H,8H2,(H,15,16). The van der Waals surface area contributed by atoms with Crippen LogP contribution >= 0.6 is 11.3 Å². The molecule has 0 fully saturated rings. The number of carboxylic acids is 1. The zero-order valence-electron chi connectivity index (χ0n) is 9.38. The number of carbonyl (C=O) groups is 1. The maximum absolute atomic E-state index is 12.9. The molecule has 5 heteroatoms. The highest BCUT2D eigenvalue weighted by atomic mass is 32.1. The van der Waals surface area contributed by atoms with E-state index in [0.29, 0.717) is 5.75 Å². The first kappa shape index (κ1) is 12.6. The van der Waals surface area contributed by atoms with Crippen molar-refractivity contribution in [3.05, 3.63) is 52.5 Å². The molecule has 18 heavy (non-hydrogen) atoms. The van der Waals surface area contributed by atoms with Gasteiger partial charge in [0.05, 0.1) is 0 Å². The summed E-state index contributed by atoms with van der Waals surface area (Å²) in [5.74, 6) is -1.75. The van der Waals surface area contributed by atoms with E-state index >= 15 is 0 Å². The molecule has 0 saturated carbocycles. The zero-order chi connectivity index (χ0) is 13.0. The van der Waals surface area contributed by atoms with Gasteiger partial charge >= 0.3 is 5.97 Å². The predicted molar refractivity (Wildman–Crippen MR) is 66.6 cm³/mol. The van der Waals surface area contributed by atoms with Crippen molar-refractivity contribution in [2.45, 2.75) is 5.92 Å². The van der Waals surface area contributed by atoms with E-state index < -0.39 is 17.7 Å². The first-order valence-corrected chi connectivity index (χ1v) is 6.19. The van der Waals surface area contributed by atoms with Crippen molar-refractivity contribution in [2.24, 2.45) is 0 Å². The average Bonchev–Trinajstić information content (AvgIpc) is 2.82. The summed E-state index contributed by atoms with van der Waals surface area (Å²) in [5.41, 5.74) is 0. The van der Waals surface area contributed by atoms with Crippen LogP contribution in [0, 0.1) is 5.82 Å². The smallest absolute Gasteiger partial charge is 0.315 e. The van der Waals surface area contributed by atoms with E-state index in [4.69, 9.17) is 9.84 Å². The van der Waals surface area contributed by atoms with Gasteiger partial charge in [0.15, 0.2) is 0 Å². The quantitative estimate of drug-likeness (QED) is 0.904. The normalized spacial score (nSPS) is 12.1. The van der Waals surface area contributed by atoms with E-state index in [1.54, 1.807) is 18.2 Å². The molecule has 2 aromatic rings.